The van der Waals surface area contributed by atoms with Gasteiger partial charge in [-0.05, 0) is 59.8 Å². The second kappa shape index (κ2) is 9.60. The summed E-state index contributed by atoms with van der Waals surface area (Å²) in [5, 5.41) is 19.5. The highest BCUT2D eigenvalue weighted by molar-refractivity contribution is 5.74. The molecule has 0 atom stereocenters. The molecule has 0 aliphatic heterocycles. The number of amides is 1. The average molecular weight is 331 g/mol. The summed E-state index contributed by atoms with van der Waals surface area (Å²) in [6.45, 7) is 7.72. The zero-order chi connectivity index (χ0) is 18.1. The van der Waals surface area contributed by atoms with E-state index in [1.165, 1.54) is 0 Å². The van der Waals surface area contributed by atoms with E-state index in [9.17, 15) is 19.7 Å². The van der Waals surface area contributed by atoms with Gasteiger partial charge in [-0.15, -0.1) is 0 Å². The number of carboxylic acid groups (broad SMARTS) is 1. The van der Waals surface area contributed by atoms with Crippen molar-refractivity contribution in [2.45, 2.75) is 66.2 Å². The maximum absolute atomic E-state index is 11.4. The maximum Gasteiger partial charge on any atom is 0.450 e. The van der Waals surface area contributed by atoms with Gasteiger partial charge in [-0.1, -0.05) is 6.42 Å². The Morgan fingerprint density at radius 2 is 1.39 bits per heavy atom. The second-order valence-corrected chi connectivity index (χ2v) is 7.16. The van der Waals surface area contributed by atoms with E-state index in [1.54, 1.807) is 27.7 Å². The lowest BCUT2D eigenvalue weighted by Crippen LogP contribution is -2.30. The van der Waals surface area contributed by atoms with Gasteiger partial charge < -0.3 is 9.84 Å². The van der Waals surface area contributed by atoms with Crippen LogP contribution in [-0.4, -0.2) is 35.1 Å². The Bertz CT molecular complexity index is 417. The van der Waals surface area contributed by atoms with Crippen LogP contribution in [-0.2, 0) is 14.3 Å². The van der Waals surface area contributed by atoms with E-state index in [-0.39, 0.29) is 0 Å². The highest BCUT2D eigenvalue weighted by atomic mass is 16.6. The van der Waals surface area contributed by atoms with Gasteiger partial charge in [0, 0.05) is 13.2 Å². The smallest absolute Gasteiger partial charge is 0.450 e. The Kier molecular flexibility index (Phi) is 8.97. The van der Waals surface area contributed by atoms with E-state index >= 15 is 0 Å². The molecule has 0 aliphatic carbocycles. The van der Waals surface area contributed by atoms with Crippen LogP contribution < -0.4 is 0 Å². The van der Waals surface area contributed by atoms with Crippen LogP contribution in [0.2, 0.25) is 0 Å². The summed E-state index contributed by atoms with van der Waals surface area (Å²) in [6, 6.07) is 0. The van der Waals surface area contributed by atoms with E-state index in [0.29, 0.717) is 32.5 Å². The van der Waals surface area contributed by atoms with Gasteiger partial charge in [0.2, 0.25) is 0 Å². The second-order valence-electron chi connectivity index (χ2n) is 7.16. The highest BCUT2D eigenvalue weighted by Crippen LogP contribution is 2.25. The predicted molar refractivity (Wildman–Crippen MR) is 85.7 cm³/mol. The van der Waals surface area contributed by atoms with Crippen molar-refractivity contribution in [2.75, 3.05) is 13.2 Å². The molecule has 0 aromatic heterocycles. The molecule has 0 saturated carbocycles. The van der Waals surface area contributed by atoms with Crippen molar-refractivity contribution in [1.82, 2.24) is 0 Å². The van der Waals surface area contributed by atoms with E-state index in [4.69, 9.17) is 9.84 Å². The minimum absolute atomic E-state index is 0.461. The molecule has 23 heavy (non-hydrogen) atoms. The zero-order valence-electron chi connectivity index (χ0n) is 14.6. The first-order valence-electron chi connectivity index (χ1n) is 8.01. The van der Waals surface area contributed by atoms with Gasteiger partial charge in [0.15, 0.2) is 0 Å². The molecule has 1 N–H and O–H groups in total. The molecular formula is C16H29NO6. The first kappa shape index (κ1) is 21.5. The van der Waals surface area contributed by atoms with Gasteiger partial charge in [0.05, 0.1) is 10.8 Å². The third-order valence-electron chi connectivity index (χ3n) is 4.00. The van der Waals surface area contributed by atoms with Crippen LogP contribution in [0.3, 0.4) is 0 Å². The van der Waals surface area contributed by atoms with Crippen molar-refractivity contribution in [3.05, 3.63) is 10.1 Å². The van der Waals surface area contributed by atoms with Crippen molar-refractivity contribution in [3.63, 3.8) is 0 Å². The minimum atomic E-state index is -0.945. The summed E-state index contributed by atoms with van der Waals surface area (Å²) < 4.78 is 5.47. The number of unbranched alkanes of at least 4 members (excludes halogenated alkanes) is 2. The quantitative estimate of drug-likeness (QED) is 0.334. The molecule has 0 saturated heterocycles. The van der Waals surface area contributed by atoms with Crippen LogP contribution in [0.25, 0.3) is 0 Å². The molecule has 7 heteroatoms. The van der Waals surface area contributed by atoms with Crippen LogP contribution in [0.4, 0.5) is 0 Å². The fourth-order valence-electron chi connectivity index (χ4n) is 2.11. The number of carbonyl (C=O) groups is 2. The zero-order valence-corrected chi connectivity index (χ0v) is 14.6. The van der Waals surface area contributed by atoms with Crippen molar-refractivity contribution >= 4 is 11.9 Å². The highest BCUT2D eigenvalue weighted by Gasteiger charge is 2.36. The van der Waals surface area contributed by atoms with Gasteiger partial charge in [0.25, 0.3) is 0 Å². The average Bonchev–Trinajstić information content (AvgIpc) is 2.44. The summed E-state index contributed by atoms with van der Waals surface area (Å²) in [4.78, 5) is 31.9. The van der Waals surface area contributed by atoms with Gasteiger partial charge in [-0.25, -0.2) is 4.79 Å². The number of carbonyl (C=O) groups excluding carboxylic acids is 1. The molecule has 0 fully saturated rings. The Labute approximate surface area is 137 Å². The van der Waals surface area contributed by atoms with Gasteiger partial charge in [0.1, 0.15) is 4.92 Å². The lowest BCUT2D eigenvalue weighted by atomic mass is 9.86. The number of ether oxygens (including phenoxy) is 1. The normalized spacial score (nSPS) is 12.2. The van der Waals surface area contributed by atoms with Crippen LogP contribution in [0, 0.1) is 20.9 Å². The summed E-state index contributed by atoms with van der Waals surface area (Å²) >= 11 is 0. The first-order valence-corrected chi connectivity index (χ1v) is 8.01. The number of nitro groups is 1. The van der Waals surface area contributed by atoms with Crippen molar-refractivity contribution < 1.29 is 24.4 Å². The van der Waals surface area contributed by atoms with E-state index < -0.39 is 27.6 Å². The fraction of sp³-hybridized carbons (Fsp3) is 0.875. The molecule has 1 amide bonds. The molecule has 7 nitrogen and oxygen atoms in total. The van der Waals surface area contributed by atoms with Gasteiger partial charge >= 0.3 is 11.9 Å². The van der Waals surface area contributed by atoms with E-state index in [0.717, 1.165) is 19.3 Å². The van der Waals surface area contributed by atoms with Crippen molar-refractivity contribution in [2.24, 2.45) is 10.8 Å². The molecule has 0 unspecified atom stereocenters. The molecule has 0 radical (unpaired) electrons. The summed E-state index contributed by atoms with van der Waals surface area (Å²) in [5.74, 6) is -1.73. The Hall–Kier alpha value is -1.50. The lowest BCUT2D eigenvalue weighted by molar-refractivity contribution is -0.411. The summed E-state index contributed by atoms with van der Waals surface area (Å²) in [7, 11) is 0. The molecule has 0 aromatic rings. The molecule has 0 aliphatic rings. The fourth-order valence-corrected chi connectivity index (χ4v) is 2.11. The van der Waals surface area contributed by atoms with Gasteiger partial charge in [-0.3, -0.25) is 14.9 Å². The maximum atomic E-state index is 11.4. The molecule has 0 aromatic carbocycles. The first-order chi connectivity index (χ1) is 10.5. The third kappa shape index (κ3) is 8.64. The number of rotatable bonds is 12. The topological polar surface area (TPSA) is 107 Å². The lowest BCUT2D eigenvalue weighted by Gasteiger charge is -2.18. The number of nitrogens with zero attached hydrogens (tertiary/aromatic N) is 1. The molecule has 0 heterocycles. The molecular weight excluding hydrogens is 302 g/mol. The minimum Gasteiger partial charge on any atom is -0.481 e. The van der Waals surface area contributed by atoms with Crippen LogP contribution in [0.15, 0.2) is 0 Å². The van der Waals surface area contributed by atoms with Crippen molar-refractivity contribution in [3.8, 4) is 0 Å². The SMILES string of the molecule is CC(C)(CCCCOCCCCC(C)(C)C(=O)[N+](=O)[O-])C(=O)O. The Morgan fingerprint density at radius 3 is 1.78 bits per heavy atom. The number of hydrogen-bond acceptors (Lipinski definition) is 5. The van der Waals surface area contributed by atoms with E-state index in [1.807, 2.05) is 0 Å². The molecule has 134 valence electrons. The van der Waals surface area contributed by atoms with Gasteiger partial charge in [-0.2, -0.15) is 0 Å². The summed E-state index contributed by atoms with van der Waals surface area (Å²) in [6.07, 6.45) is 4.12. The largest absolute Gasteiger partial charge is 0.481 e. The predicted octanol–water partition coefficient (Wildman–Crippen LogP) is 3.28. The Morgan fingerprint density at radius 1 is 0.957 bits per heavy atom. The van der Waals surface area contributed by atoms with E-state index in [2.05, 4.69) is 0 Å². The van der Waals surface area contributed by atoms with Crippen LogP contribution in [0.1, 0.15) is 66.2 Å². The number of aliphatic carboxylic acids is 1. The monoisotopic (exact) mass is 331 g/mol. The standard InChI is InChI=1S/C16H29NO6/c1-15(2,13(18)17(21)22)9-5-7-11-23-12-8-6-10-16(3,4)14(19)20/h5-12H2,1-4H3,(H,19,20). The molecule has 0 spiro atoms. The Balaban J connectivity index is 3.66. The van der Waals surface area contributed by atoms with Crippen LogP contribution in [0.5, 0.6) is 0 Å². The van der Waals surface area contributed by atoms with Crippen LogP contribution >= 0.6 is 0 Å². The molecule has 0 rings (SSSR count). The van der Waals surface area contributed by atoms with Crippen molar-refractivity contribution in [1.29, 1.82) is 0 Å². The summed E-state index contributed by atoms with van der Waals surface area (Å²) in [5.41, 5.74) is -1.64. The number of hydrogen-bond donors (Lipinski definition) is 1. The molecule has 0 bridgehead atoms. The third-order valence-corrected chi connectivity index (χ3v) is 4.00. The number of carboxylic acids is 1.